The van der Waals surface area contributed by atoms with Gasteiger partial charge in [-0.3, -0.25) is 4.98 Å². The van der Waals surface area contributed by atoms with Gasteiger partial charge in [-0.2, -0.15) is 0 Å². The Hall–Kier alpha value is -1.65. The van der Waals surface area contributed by atoms with Crippen LogP contribution in [-0.4, -0.2) is 18.1 Å². The van der Waals surface area contributed by atoms with Gasteiger partial charge in [-0.25, -0.2) is 4.39 Å². The van der Waals surface area contributed by atoms with Gasteiger partial charge >= 0.3 is 0 Å². The van der Waals surface area contributed by atoms with E-state index in [1.54, 1.807) is 18.3 Å². The molecular weight excluding hydrogens is 279 g/mol. The molecule has 0 bridgehead atoms. The molecule has 1 heterocycles. The molecule has 0 spiro atoms. The van der Waals surface area contributed by atoms with Crippen LogP contribution in [0.15, 0.2) is 30.5 Å². The molecule has 3 rings (SSSR count). The molecule has 3 nitrogen and oxygen atoms in total. The summed E-state index contributed by atoms with van der Waals surface area (Å²) < 4.78 is 19.2. The smallest absolute Gasteiger partial charge is 0.151 e. The molecule has 1 fully saturated rings. The highest BCUT2D eigenvalue weighted by molar-refractivity contribution is 6.31. The molecule has 1 aromatic carbocycles. The van der Waals surface area contributed by atoms with Crippen LogP contribution in [0.4, 0.5) is 4.39 Å². The van der Waals surface area contributed by atoms with Crippen LogP contribution in [-0.2, 0) is 0 Å². The SMILES string of the molecule is COc1cc(Cl)c(F)c(-c2ccc([C@@H]3C[C@H]3N)cn2)c1. The lowest BCUT2D eigenvalue weighted by atomic mass is 10.1. The van der Waals surface area contributed by atoms with E-state index in [0.717, 1.165) is 12.0 Å². The molecule has 1 aromatic heterocycles. The summed E-state index contributed by atoms with van der Waals surface area (Å²) in [5, 5.41) is 0.0226. The maximum atomic E-state index is 14.1. The van der Waals surface area contributed by atoms with Crippen molar-refractivity contribution >= 4 is 11.6 Å². The first-order valence-corrected chi connectivity index (χ1v) is 6.73. The number of ether oxygens (including phenoxy) is 1. The largest absolute Gasteiger partial charge is 0.497 e. The van der Waals surface area contributed by atoms with Gasteiger partial charge in [-0.05, 0) is 24.1 Å². The molecule has 1 saturated carbocycles. The Kier molecular flexibility index (Phi) is 3.36. The number of pyridine rings is 1. The summed E-state index contributed by atoms with van der Waals surface area (Å²) in [5.41, 5.74) is 7.76. The van der Waals surface area contributed by atoms with E-state index in [1.807, 2.05) is 6.07 Å². The monoisotopic (exact) mass is 292 g/mol. The van der Waals surface area contributed by atoms with Crippen LogP contribution < -0.4 is 10.5 Å². The first-order chi connectivity index (χ1) is 9.60. The summed E-state index contributed by atoms with van der Waals surface area (Å²) >= 11 is 5.86. The predicted octanol–water partition coefficient (Wildman–Crippen LogP) is 3.36. The molecule has 0 unspecified atom stereocenters. The van der Waals surface area contributed by atoms with E-state index in [2.05, 4.69) is 4.98 Å². The number of hydrogen-bond donors (Lipinski definition) is 1. The van der Waals surface area contributed by atoms with Gasteiger partial charge in [-0.15, -0.1) is 0 Å². The lowest BCUT2D eigenvalue weighted by Gasteiger charge is -2.08. The van der Waals surface area contributed by atoms with Gasteiger partial charge in [0.1, 0.15) is 5.75 Å². The number of aromatic nitrogens is 1. The van der Waals surface area contributed by atoms with Gasteiger partial charge in [0, 0.05) is 29.8 Å². The summed E-state index contributed by atoms with van der Waals surface area (Å²) in [5.74, 6) is 0.396. The number of benzene rings is 1. The minimum atomic E-state index is -0.490. The highest BCUT2D eigenvalue weighted by Crippen LogP contribution is 2.39. The van der Waals surface area contributed by atoms with E-state index in [-0.39, 0.29) is 11.1 Å². The van der Waals surface area contributed by atoms with Crippen LogP contribution in [0.5, 0.6) is 5.75 Å². The molecule has 20 heavy (non-hydrogen) atoms. The van der Waals surface area contributed by atoms with Gasteiger partial charge in [-0.1, -0.05) is 17.7 Å². The third-order valence-electron chi connectivity index (χ3n) is 3.57. The highest BCUT2D eigenvalue weighted by atomic mass is 35.5. The average molecular weight is 293 g/mol. The first kappa shape index (κ1) is 13.3. The van der Waals surface area contributed by atoms with Crippen LogP contribution in [0, 0.1) is 5.82 Å². The summed E-state index contributed by atoms with van der Waals surface area (Å²) in [7, 11) is 1.51. The Morgan fingerprint density at radius 2 is 2.15 bits per heavy atom. The van der Waals surface area contributed by atoms with Crippen molar-refractivity contribution in [2.45, 2.75) is 18.4 Å². The van der Waals surface area contributed by atoms with Crippen LogP contribution in [0.25, 0.3) is 11.3 Å². The fourth-order valence-electron chi connectivity index (χ4n) is 2.25. The number of nitrogens with two attached hydrogens (primary N) is 1. The van der Waals surface area contributed by atoms with Crippen molar-refractivity contribution in [3.8, 4) is 17.0 Å². The van der Waals surface area contributed by atoms with Crippen LogP contribution >= 0.6 is 11.6 Å². The lowest BCUT2D eigenvalue weighted by molar-refractivity contribution is 0.414. The number of hydrogen-bond acceptors (Lipinski definition) is 3. The Morgan fingerprint density at radius 1 is 1.40 bits per heavy atom. The molecule has 0 radical (unpaired) electrons. The molecule has 0 amide bonds. The number of rotatable bonds is 3. The molecule has 0 saturated heterocycles. The van der Waals surface area contributed by atoms with Crippen molar-refractivity contribution in [3.05, 3.63) is 46.9 Å². The first-order valence-electron chi connectivity index (χ1n) is 6.35. The van der Waals surface area contributed by atoms with Gasteiger partial charge in [0.25, 0.3) is 0 Å². The van der Waals surface area contributed by atoms with Crippen molar-refractivity contribution in [1.82, 2.24) is 4.98 Å². The van der Waals surface area contributed by atoms with Crippen molar-refractivity contribution < 1.29 is 9.13 Å². The maximum Gasteiger partial charge on any atom is 0.151 e. The maximum absolute atomic E-state index is 14.1. The van der Waals surface area contributed by atoms with E-state index < -0.39 is 5.82 Å². The van der Waals surface area contributed by atoms with Crippen LogP contribution in [0.1, 0.15) is 17.9 Å². The summed E-state index contributed by atoms with van der Waals surface area (Å²) in [6, 6.07) is 6.98. The lowest BCUT2D eigenvalue weighted by Crippen LogP contribution is -2.01. The van der Waals surface area contributed by atoms with E-state index >= 15 is 0 Å². The summed E-state index contributed by atoms with van der Waals surface area (Å²) in [4.78, 5) is 4.31. The second-order valence-corrected chi connectivity index (χ2v) is 5.36. The van der Waals surface area contributed by atoms with Crippen LogP contribution in [0.2, 0.25) is 5.02 Å². The zero-order chi connectivity index (χ0) is 14.3. The van der Waals surface area contributed by atoms with Crippen molar-refractivity contribution in [3.63, 3.8) is 0 Å². The molecular formula is C15H14ClFN2O. The molecule has 2 atom stereocenters. The Bertz CT molecular complexity index is 645. The molecule has 1 aliphatic rings. The molecule has 0 aliphatic heterocycles. The highest BCUT2D eigenvalue weighted by Gasteiger charge is 2.34. The quantitative estimate of drug-likeness (QED) is 0.943. The van der Waals surface area contributed by atoms with Gasteiger partial charge in [0.2, 0.25) is 0 Å². The number of nitrogens with zero attached hydrogens (tertiary/aromatic N) is 1. The third kappa shape index (κ3) is 2.37. The van der Waals surface area contributed by atoms with Gasteiger partial charge in [0.15, 0.2) is 5.82 Å². The van der Waals surface area contributed by atoms with E-state index in [1.165, 1.54) is 13.2 Å². The Labute approximate surface area is 121 Å². The number of halogens is 2. The molecule has 2 N–H and O–H groups in total. The predicted molar refractivity (Wildman–Crippen MR) is 76.5 cm³/mol. The Balaban J connectivity index is 1.98. The molecule has 2 aromatic rings. The molecule has 5 heteroatoms. The number of methoxy groups -OCH3 is 1. The van der Waals surface area contributed by atoms with Crippen LogP contribution in [0.3, 0.4) is 0 Å². The standard InChI is InChI=1S/C15H14ClFN2O/c1-20-9-4-11(15(17)12(16)5-9)14-3-2-8(7-19-14)10-6-13(10)18/h2-5,7,10,13H,6,18H2,1H3/t10-,13+/m0/s1. The molecule has 1 aliphatic carbocycles. The van der Waals surface area contributed by atoms with Crippen molar-refractivity contribution in [1.29, 1.82) is 0 Å². The zero-order valence-corrected chi connectivity index (χ0v) is 11.7. The van der Waals surface area contributed by atoms with Crippen molar-refractivity contribution in [2.75, 3.05) is 7.11 Å². The summed E-state index contributed by atoms with van der Waals surface area (Å²) in [6.45, 7) is 0. The molecule has 104 valence electrons. The van der Waals surface area contributed by atoms with Crippen molar-refractivity contribution in [2.24, 2.45) is 5.73 Å². The second-order valence-electron chi connectivity index (χ2n) is 4.95. The van der Waals surface area contributed by atoms with E-state index in [4.69, 9.17) is 22.1 Å². The topological polar surface area (TPSA) is 48.1 Å². The van der Waals surface area contributed by atoms with E-state index in [9.17, 15) is 4.39 Å². The Morgan fingerprint density at radius 3 is 2.70 bits per heavy atom. The average Bonchev–Trinajstić information content (AvgIpc) is 3.19. The third-order valence-corrected chi connectivity index (χ3v) is 3.84. The second kappa shape index (κ2) is 5.04. The fraction of sp³-hybridized carbons (Fsp3) is 0.267. The summed E-state index contributed by atoms with van der Waals surface area (Å²) in [6.07, 6.45) is 2.74. The normalized spacial score (nSPS) is 20.8. The minimum Gasteiger partial charge on any atom is -0.497 e. The van der Waals surface area contributed by atoms with Gasteiger partial charge < -0.3 is 10.5 Å². The fourth-order valence-corrected chi connectivity index (χ4v) is 2.46. The minimum absolute atomic E-state index is 0.0226. The zero-order valence-electron chi connectivity index (χ0n) is 10.9. The van der Waals surface area contributed by atoms with Gasteiger partial charge in [0.05, 0.1) is 17.8 Å². The van der Waals surface area contributed by atoms with E-state index in [0.29, 0.717) is 22.9 Å².